The van der Waals surface area contributed by atoms with Crippen molar-refractivity contribution in [3.8, 4) is 5.75 Å². The van der Waals surface area contributed by atoms with Crippen molar-refractivity contribution in [3.05, 3.63) is 101 Å². The molecule has 0 saturated heterocycles. The fraction of sp³-hybridized carbons (Fsp3) is 0.167. The maximum absolute atomic E-state index is 13.3. The molecule has 3 aromatic rings. The van der Waals surface area contributed by atoms with Crippen LogP contribution < -0.4 is 10.1 Å². The minimum Gasteiger partial charge on any atom is -0.496 e. The molecule has 0 bridgehead atoms. The maximum Gasteiger partial charge on any atom is 0.255 e. The summed E-state index contributed by atoms with van der Waals surface area (Å²) in [5.74, 6) is 0.374. The van der Waals surface area contributed by atoms with Crippen LogP contribution in [-0.2, 0) is 17.9 Å². The normalized spacial score (nSPS) is 13.7. The number of methoxy groups -OCH3 is 1. The maximum atomic E-state index is 13.3. The molecule has 1 aliphatic rings. The van der Waals surface area contributed by atoms with Gasteiger partial charge in [-0.3, -0.25) is 9.59 Å². The van der Waals surface area contributed by atoms with Crippen LogP contribution in [0.5, 0.6) is 5.75 Å². The van der Waals surface area contributed by atoms with Gasteiger partial charge in [0.2, 0.25) is 5.91 Å². The molecule has 3 aromatic carbocycles. The first-order valence-corrected chi connectivity index (χ1v) is 9.52. The monoisotopic (exact) mass is 386 g/mol. The number of rotatable bonds is 6. The molecule has 5 heteroatoms. The molecule has 0 aromatic heterocycles. The molecule has 1 atom stereocenters. The van der Waals surface area contributed by atoms with Crippen molar-refractivity contribution in [1.29, 1.82) is 0 Å². The van der Waals surface area contributed by atoms with Gasteiger partial charge in [-0.1, -0.05) is 66.7 Å². The third kappa shape index (κ3) is 3.72. The van der Waals surface area contributed by atoms with Gasteiger partial charge < -0.3 is 15.0 Å². The summed E-state index contributed by atoms with van der Waals surface area (Å²) in [5.41, 5.74) is 3.26. The highest BCUT2D eigenvalue weighted by Gasteiger charge is 2.37. The van der Waals surface area contributed by atoms with E-state index in [-0.39, 0.29) is 11.8 Å². The summed E-state index contributed by atoms with van der Waals surface area (Å²) in [5, 5.41) is 2.98. The second-order valence-electron chi connectivity index (χ2n) is 6.93. The number of hydrogen-bond donors (Lipinski definition) is 1. The summed E-state index contributed by atoms with van der Waals surface area (Å²) >= 11 is 0. The number of amides is 2. The lowest BCUT2D eigenvalue weighted by molar-refractivity contribution is -0.126. The highest BCUT2D eigenvalue weighted by molar-refractivity contribution is 6.01. The number of hydrogen-bond acceptors (Lipinski definition) is 3. The van der Waals surface area contributed by atoms with E-state index < -0.39 is 6.04 Å². The van der Waals surface area contributed by atoms with E-state index in [0.29, 0.717) is 24.4 Å². The number of carbonyl (C=O) groups excluding carboxylic acids is 2. The first-order chi connectivity index (χ1) is 14.2. The van der Waals surface area contributed by atoms with Crippen LogP contribution in [-0.4, -0.2) is 23.8 Å². The van der Waals surface area contributed by atoms with Crippen molar-refractivity contribution >= 4 is 11.8 Å². The molecule has 2 amide bonds. The zero-order valence-electron chi connectivity index (χ0n) is 16.2. The molecular weight excluding hydrogens is 364 g/mol. The largest absolute Gasteiger partial charge is 0.496 e. The third-order valence-electron chi connectivity index (χ3n) is 5.17. The first kappa shape index (κ1) is 18.7. The Morgan fingerprint density at radius 2 is 1.69 bits per heavy atom. The van der Waals surface area contributed by atoms with E-state index in [9.17, 15) is 9.59 Å². The Bertz CT molecular complexity index is 1030. The van der Waals surface area contributed by atoms with Crippen LogP contribution in [0.4, 0.5) is 0 Å². The molecular formula is C24H22N2O3. The highest BCUT2D eigenvalue weighted by Crippen LogP contribution is 2.31. The summed E-state index contributed by atoms with van der Waals surface area (Å²) < 4.78 is 5.37. The number of para-hydroxylation sites is 1. The summed E-state index contributed by atoms with van der Waals surface area (Å²) in [6, 6.07) is 23.8. The van der Waals surface area contributed by atoms with Gasteiger partial charge in [0.1, 0.15) is 11.8 Å². The van der Waals surface area contributed by atoms with E-state index in [1.54, 1.807) is 12.0 Å². The van der Waals surface area contributed by atoms with E-state index in [2.05, 4.69) is 5.32 Å². The van der Waals surface area contributed by atoms with Gasteiger partial charge in [-0.15, -0.1) is 0 Å². The summed E-state index contributed by atoms with van der Waals surface area (Å²) in [7, 11) is 1.60. The van der Waals surface area contributed by atoms with Gasteiger partial charge in [0.25, 0.3) is 5.91 Å². The summed E-state index contributed by atoms with van der Waals surface area (Å²) in [6.07, 6.45) is 0. The van der Waals surface area contributed by atoms with Gasteiger partial charge in [0.05, 0.1) is 7.11 Å². The van der Waals surface area contributed by atoms with E-state index in [4.69, 9.17) is 4.74 Å². The smallest absolute Gasteiger partial charge is 0.255 e. The number of benzene rings is 3. The second-order valence-corrected chi connectivity index (χ2v) is 6.93. The Hall–Kier alpha value is -3.60. The Labute approximate surface area is 169 Å². The zero-order valence-corrected chi connectivity index (χ0v) is 16.2. The average Bonchev–Trinajstić information content (AvgIpc) is 3.10. The molecule has 0 unspecified atom stereocenters. The van der Waals surface area contributed by atoms with Crippen LogP contribution in [0.1, 0.15) is 33.1 Å². The number of nitrogens with one attached hydrogen (secondary N) is 1. The fourth-order valence-electron chi connectivity index (χ4n) is 3.72. The summed E-state index contributed by atoms with van der Waals surface area (Å²) in [6.45, 7) is 0.734. The van der Waals surface area contributed by atoms with Crippen molar-refractivity contribution in [2.24, 2.45) is 0 Å². The minimum absolute atomic E-state index is 0.123. The average molecular weight is 386 g/mol. The lowest BCUT2D eigenvalue weighted by Crippen LogP contribution is -2.40. The summed E-state index contributed by atoms with van der Waals surface area (Å²) in [4.78, 5) is 27.9. The number of carbonyl (C=O) groups is 2. The molecule has 0 aliphatic carbocycles. The minimum atomic E-state index is -0.703. The van der Waals surface area contributed by atoms with Crippen molar-refractivity contribution in [2.45, 2.75) is 19.1 Å². The number of fused-ring (bicyclic) bond motifs is 1. The molecule has 5 nitrogen and oxygen atoms in total. The Morgan fingerprint density at radius 1 is 1.00 bits per heavy atom. The lowest BCUT2D eigenvalue weighted by Gasteiger charge is -2.27. The molecule has 29 heavy (non-hydrogen) atoms. The Morgan fingerprint density at radius 3 is 2.45 bits per heavy atom. The lowest BCUT2D eigenvalue weighted by atomic mass is 10.0. The quantitative estimate of drug-likeness (QED) is 0.703. The fourth-order valence-corrected chi connectivity index (χ4v) is 3.72. The van der Waals surface area contributed by atoms with Crippen molar-refractivity contribution in [1.82, 2.24) is 10.2 Å². The Balaban J connectivity index is 1.60. The predicted octanol–water partition coefficient (Wildman–Crippen LogP) is 3.71. The van der Waals surface area contributed by atoms with Crippen LogP contribution in [0.15, 0.2) is 78.9 Å². The zero-order chi connectivity index (χ0) is 20.2. The molecule has 1 heterocycles. The van der Waals surface area contributed by atoms with Crippen LogP contribution in [0, 0.1) is 0 Å². The molecule has 146 valence electrons. The molecule has 0 radical (unpaired) electrons. The predicted molar refractivity (Wildman–Crippen MR) is 110 cm³/mol. The van der Waals surface area contributed by atoms with Crippen molar-refractivity contribution in [2.75, 3.05) is 7.11 Å². The topological polar surface area (TPSA) is 58.6 Å². The van der Waals surface area contributed by atoms with Gasteiger partial charge in [-0.2, -0.15) is 0 Å². The number of nitrogens with zero attached hydrogens (tertiary/aromatic N) is 1. The van der Waals surface area contributed by atoms with Gasteiger partial charge in [-0.05, 0) is 23.3 Å². The van der Waals surface area contributed by atoms with E-state index in [0.717, 1.165) is 16.7 Å². The van der Waals surface area contributed by atoms with Gasteiger partial charge in [0, 0.05) is 24.2 Å². The van der Waals surface area contributed by atoms with Gasteiger partial charge in [-0.25, -0.2) is 0 Å². The molecule has 0 spiro atoms. The van der Waals surface area contributed by atoms with Crippen LogP contribution in [0.25, 0.3) is 0 Å². The molecule has 1 N–H and O–H groups in total. The van der Waals surface area contributed by atoms with Crippen molar-refractivity contribution < 1.29 is 14.3 Å². The second kappa shape index (κ2) is 8.19. The molecule has 4 rings (SSSR count). The first-order valence-electron chi connectivity index (χ1n) is 9.52. The van der Waals surface area contributed by atoms with Crippen LogP contribution in [0.3, 0.4) is 0 Å². The Kier molecular flexibility index (Phi) is 5.29. The van der Waals surface area contributed by atoms with E-state index in [1.807, 2.05) is 78.9 Å². The third-order valence-corrected chi connectivity index (χ3v) is 5.17. The van der Waals surface area contributed by atoms with Gasteiger partial charge >= 0.3 is 0 Å². The highest BCUT2D eigenvalue weighted by atomic mass is 16.5. The molecule has 0 fully saturated rings. The standard InChI is InChI=1S/C24H22N2O3/c1-29-21-14-8-6-11-18(21)15-25-23(27)22(17-9-3-2-4-10-17)26-16-19-12-5-7-13-20(19)24(26)28/h2-14,22H,15-16H2,1H3,(H,25,27)/t22-/m1/s1. The van der Waals surface area contributed by atoms with Crippen molar-refractivity contribution in [3.63, 3.8) is 0 Å². The SMILES string of the molecule is COc1ccccc1CNC(=O)[C@@H](c1ccccc1)N1Cc2ccccc2C1=O. The van der Waals surface area contributed by atoms with E-state index in [1.165, 1.54) is 0 Å². The molecule has 1 aliphatic heterocycles. The van der Waals surface area contributed by atoms with E-state index >= 15 is 0 Å². The van der Waals surface area contributed by atoms with Gasteiger partial charge in [0.15, 0.2) is 0 Å². The van der Waals surface area contributed by atoms with Crippen LogP contribution in [0.2, 0.25) is 0 Å². The molecule has 0 saturated carbocycles. The van der Waals surface area contributed by atoms with Crippen LogP contribution >= 0.6 is 0 Å². The number of ether oxygens (including phenoxy) is 1.